The van der Waals surface area contributed by atoms with Crippen molar-refractivity contribution < 1.29 is 0 Å². The number of hydrogen-bond donors (Lipinski definition) is 2. The van der Waals surface area contributed by atoms with Crippen LogP contribution in [0.2, 0.25) is 0 Å². The minimum Gasteiger partial charge on any atom is -0.396 e. The molecule has 0 aliphatic heterocycles. The topological polar surface area (TPSA) is 55.9 Å². The van der Waals surface area contributed by atoms with Gasteiger partial charge >= 0.3 is 0 Å². The predicted octanol–water partition coefficient (Wildman–Crippen LogP) is 2.50. The monoisotopic (exact) mass is 250 g/mol. The van der Waals surface area contributed by atoms with Crippen LogP contribution in [0.4, 0.5) is 5.69 Å². The lowest BCUT2D eigenvalue weighted by atomic mass is 9.98. The van der Waals surface area contributed by atoms with Crippen molar-refractivity contribution in [3.63, 3.8) is 0 Å². The highest BCUT2D eigenvalue weighted by molar-refractivity contribution is 5.39. The van der Waals surface area contributed by atoms with E-state index in [-0.39, 0.29) is 0 Å². The third kappa shape index (κ3) is 3.25. The average Bonchev–Trinajstić information content (AvgIpc) is 2.97. The van der Waals surface area contributed by atoms with E-state index in [1.165, 1.54) is 25.7 Å². The predicted molar refractivity (Wildman–Crippen MR) is 75.5 cm³/mol. The summed E-state index contributed by atoms with van der Waals surface area (Å²) in [6, 6.07) is 0.478. The Labute approximate surface area is 110 Å². The van der Waals surface area contributed by atoms with Gasteiger partial charge < -0.3 is 11.1 Å². The second-order valence-corrected chi connectivity index (χ2v) is 6.05. The number of aromatic nitrogens is 2. The zero-order valence-corrected chi connectivity index (χ0v) is 11.9. The Balaban J connectivity index is 1.98. The molecule has 2 rings (SSSR count). The summed E-state index contributed by atoms with van der Waals surface area (Å²) >= 11 is 0. The summed E-state index contributed by atoms with van der Waals surface area (Å²) in [5.74, 6) is 0. The molecule has 1 unspecified atom stereocenters. The first-order valence-electron chi connectivity index (χ1n) is 7.00. The fourth-order valence-corrected chi connectivity index (χ4v) is 2.38. The summed E-state index contributed by atoms with van der Waals surface area (Å²) < 4.78 is 2.08. The zero-order valence-electron chi connectivity index (χ0n) is 11.9. The number of aryl methyl sites for hydroxylation is 1. The largest absolute Gasteiger partial charge is 0.396 e. The van der Waals surface area contributed by atoms with Crippen molar-refractivity contribution in [1.29, 1.82) is 0 Å². The van der Waals surface area contributed by atoms with Gasteiger partial charge in [0.25, 0.3) is 0 Å². The molecular weight excluding hydrogens is 224 g/mol. The number of nitrogen functional groups attached to an aromatic ring is 1. The van der Waals surface area contributed by atoms with Crippen molar-refractivity contribution in [2.75, 3.05) is 19.3 Å². The van der Waals surface area contributed by atoms with Crippen LogP contribution in [0.3, 0.4) is 0 Å². The average molecular weight is 250 g/mol. The van der Waals surface area contributed by atoms with Crippen molar-refractivity contribution in [3.05, 3.63) is 11.9 Å². The van der Waals surface area contributed by atoms with Gasteiger partial charge in [-0.25, -0.2) is 0 Å². The highest BCUT2D eigenvalue weighted by atomic mass is 15.3. The first kappa shape index (κ1) is 13.4. The Morgan fingerprint density at radius 1 is 1.50 bits per heavy atom. The third-order valence-electron chi connectivity index (χ3n) is 4.24. The van der Waals surface area contributed by atoms with Gasteiger partial charge in [0.2, 0.25) is 0 Å². The Morgan fingerprint density at radius 3 is 2.72 bits per heavy atom. The maximum Gasteiger partial charge on any atom is 0.0823 e. The molecule has 4 nitrogen and oxygen atoms in total. The number of hydrogen-bond acceptors (Lipinski definition) is 3. The smallest absolute Gasteiger partial charge is 0.0823 e. The summed E-state index contributed by atoms with van der Waals surface area (Å²) in [5, 5.41) is 7.78. The van der Waals surface area contributed by atoms with Crippen LogP contribution in [0, 0.1) is 12.3 Å². The minimum absolute atomic E-state index is 0.478. The molecule has 0 saturated heterocycles. The summed E-state index contributed by atoms with van der Waals surface area (Å²) in [6.07, 6.45) is 8.41. The van der Waals surface area contributed by atoms with Crippen molar-refractivity contribution in [3.8, 4) is 0 Å². The van der Waals surface area contributed by atoms with Gasteiger partial charge in [0, 0.05) is 6.20 Å². The van der Waals surface area contributed by atoms with Gasteiger partial charge in [0.15, 0.2) is 0 Å². The Hall–Kier alpha value is -1.03. The molecule has 0 amide bonds. The molecule has 102 valence electrons. The summed E-state index contributed by atoms with van der Waals surface area (Å²) in [7, 11) is 2.00. The lowest BCUT2D eigenvalue weighted by molar-refractivity contribution is 0.347. The second-order valence-electron chi connectivity index (χ2n) is 6.05. The van der Waals surface area contributed by atoms with Crippen molar-refractivity contribution in [2.45, 2.75) is 52.0 Å². The van der Waals surface area contributed by atoms with Gasteiger partial charge in [-0.1, -0.05) is 6.92 Å². The van der Waals surface area contributed by atoms with Crippen LogP contribution < -0.4 is 11.1 Å². The minimum atomic E-state index is 0.478. The van der Waals surface area contributed by atoms with Gasteiger partial charge in [0.1, 0.15) is 0 Å². The lowest BCUT2D eigenvalue weighted by Crippen LogP contribution is -2.18. The van der Waals surface area contributed by atoms with E-state index in [9.17, 15) is 0 Å². The van der Waals surface area contributed by atoms with Gasteiger partial charge in [-0.3, -0.25) is 4.68 Å². The van der Waals surface area contributed by atoms with Crippen molar-refractivity contribution >= 4 is 5.69 Å². The molecule has 1 aromatic rings. The second kappa shape index (κ2) is 5.31. The molecule has 1 aliphatic carbocycles. The number of nitrogens with two attached hydrogens (primary N) is 1. The quantitative estimate of drug-likeness (QED) is 0.781. The summed E-state index contributed by atoms with van der Waals surface area (Å²) in [4.78, 5) is 0. The molecule has 4 heteroatoms. The maximum absolute atomic E-state index is 5.90. The van der Waals surface area contributed by atoms with E-state index in [4.69, 9.17) is 5.73 Å². The number of nitrogens with one attached hydrogen (secondary N) is 1. The summed E-state index contributed by atoms with van der Waals surface area (Å²) in [6.45, 7) is 5.40. The van der Waals surface area contributed by atoms with E-state index >= 15 is 0 Å². The van der Waals surface area contributed by atoms with Crippen molar-refractivity contribution in [2.24, 2.45) is 5.41 Å². The number of anilines is 1. The van der Waals surface area contributed by atoms with E-state index in [2.05, 4.69) is 22.0 Å². The standard InChI is InChI=1S/C14H26N4/c1-11-13(15)10-18(17-11)12(5-9-16-3)4-6-14(2)7-8-14/h10,12,16H,4-9,15H2,1-3H3. The molecule has 0 radical (unpaired) electrons. The van der Waals surface area contributed by atoms with E-state index in [0.29, 0.717) is 11.5 Å². The SMILES string of the molecule is CNCCC(CCC1(C)CC1)n1cc(N)c(C)n1. The van der Waals surface area contributed by atoms with Gasteiger partial charge in [-0.15, -0.1) is 0 Å². The molecule has 1 aliphatic rings. The molecule has 3 N–H and O–H groups in total. The van der Waals surface area contributed by atoms with Gasteiger partial charge in [-0.2, -0.15) is 5.10 Å². The van der Waals surface area contributed by atoms with E-state index < -0.39 is 0 Å². The fraction of sp³-hybridized carbons (Fsp3) is 0.786. The van der Waals surface area contributed by atoms with Crippen LogP contribution in [0.5, 0.6) is 0 Å². The molecule has 18 heavy (non-hydrogen) atoms. The molecular formula is C14H26N4. The molecule has 1 heterocycles. The van der Waals surface area contributed by atoms with E-state index in [1.807, 2.05) is 20.2 Å². The highest BCUT2D eigenvalue weighted by Crippen LogP contribution is 2.49. The maximum atomic E-state index is 5.90. The molecule has 1 saturated carbocycles. The normalized spacial score (nSPS) is 18.8. The van der Waals surface area contributed by atoms with Crippen LogP contribution in [0.1, 0.15) is 50.8 Å². The van der Waals surface area contributed by atoms with E-state index in [1.54, 1.807) is 0 Å². The first-order chi connectivity index (χ1) is 8.54. The number of rotatable bonds is 7. The lowest BCUT2D eigenvalue weighted by Gasteiger charge is -2.19. The molecule has 1 atom stereocenters. The number of nitrogens with zero attached hydrogens (tertiary/aromatic N) is 2. The van der Waals surface area contributed by atoms with Crippen LogP contribution >= 0.6 is 0 Å². The summed E-state index contributed by atoms with van der Waals surface area (Å²) in [5.41, 5.74) is 8.27. The molecule has 0 aromatic carbocycles. The Morgan fingerprint density at radius 2 is 2.22 bits per heavy atom. The molecule has 1 fully saturated rings. The van der Waals surface area contributed by atoms with Crippen LogP contribution in [0.25, 0.3) is 0 Å². The zero-order chi connectivity index (χ0) is 13.2. The van der Waals surface area contributed by atoms with Gasteiger partial charge in [-0.05, 0) is 58.0 Å². The molecule has 0 bridgehead atoms. The van der Waals surface area contributed by atoms with Crippen LogP contribution in [-0.2, 0) is 0 Å². The Bertz CT molecular complexity index is 373. The molecule has 0 spiro atoms. The van der Waals surface area contributed by atoms with Crippen molar-refractivity contribution in [1.82, 2.24) is 15.1 Å². The Kier molecular flexibility index (Phi) is 3.95. The fourth-order valence-electron chi connectivity index (χ4n) is 2.38. The highest BCUT2D eigenvalue weighted by Gasteiger charge is 2.37. The molecule has 1 aromatic heterocycles. The first-order valence-corrected chi connectivity index (χ1v) is 7.00. The van der Waals surface area contributed by atoms with Crippen LogP contribution in [0.15, 0.2) is 6.20 Å². The van der Waals surface area contributed by atoms with E-state index in [0.717, 1.165) is 24.3 Å². The van der Waals surface area contributed by atoms with Crippen LogP contribution in [-0.4, -0.2) is 23.4 Å². The van der Waals surface area contributed by atoms with Gasteiger partial charge in [0.05, 0.1) is 17.4 Å². The third-order valence-corrected chi connectivity index (χ3v) is 4.24.